The summed E-state index contributed by atoms with van der Waals surface area (Å²) in [6.07, 6.45) is -6.21. The first-order chi connectivity index (χ1) is 9.79. The summed E-state index contributed by atoms with van der Waals surface area (Å²) >= 11 is 5.79. The van der Waals surface area contributed by atoms with Gasteiger partial charge in [-0.25, -0.2) is 4.39 Å². The summed E-state index contributed by atoms with van der Waals surface area (Å²) in [6, 6.07) is 9.35. The average molecular weight is 319 g/mol. The maximum Gasteiger partial charge on any atom is 0.419 e. The van der Waals surface area contributed by atoms with Crippen molar-refractivity contribution in [2.45, 2.75) is 18.7 Å². The Bertz CT molecular complexity index is 640. The number of aliphatic hydroxyl groups excluding tert-OH is 1. The van der Waals surface area contributed by atoms with Gasteiger partial charge in [-0.1, -0.05) is 35.9 Å². The Morgan fingerprint density at radius 3 is 2.38 bits per heavy atom. The van der Waals surface area contributed by atoms with Gasteiger partial charge in [-0.2, -0.15) is 13.2 Å². The molecule has 2 aromatic carbocycles. The molecular weight excluding hydrogens is 308 g/mol. The fourth-order valence-electron chi connectivity index (χ4n) is 2.02. The number of aliphatic hydroxyl groups is 1. The Kier molecular flexibility index (Phi) is 4.54. The lowest BCUT2D eigenvalue weighted by Crippen LogP contribution is -2.12. The van der Waals surface area contributed by atoms with Crippen LogP contribution in [0.15, 0.2) is 42.5 Å². The molecule has 1 nitrogen and oxygen atoms in total. The standard InChI is InChI=1S/C15H11ClF4O/c16-10-4-1-3-9(7-10)8-13(21)11-5-2-6-12(14(11)17)15(18,19)20/h1-7,13,21H,8H2. The summed E-state index contributed by atoms with van der Waals surface area (Å²) in [6.45, 7) is 0. The van der Waals surface area contributed by atoms with Gasteiger partial charge < -0.3 is 5.11 Å². The number of rotatable bonds is 3. The Morgan fingerprint density at radius 2 is 1.76 bits per heavy atom. The zero-order valence-corrected chi connectivity index (χ0v) is 11.4. The topological polar surface area (TPSA) is 20.2 Å². The summed E-state index contributed by atoms with van der Waals surface area (Å²) in [5.74, 6) is -1.44. The van der Waals surface area contributed by atoms with E-state index in [1.54, 1.807) is 24.3 Å². The zero-order valence-electron chi connectivity index (χ0n) is 10.7. The van der Waals surface area contributed by atoms with E-state index in [0.717, 1.165) is 12.1 Å². The van der Waals surface area contributed by atoms with E-state index in [4.69, 9.17) is 11.6 Å². The molecule has 0 fully saturated rings. The molecule has 1 N–H and O–H groups in total. The minimum atomic E-state index is -4.80. The van der Waals surface area contributed by atoms with Gasteiger partial charge in [0.05, 0.1) is 11.7 Å². The van der Waals surface area contributed by atoms with Gasteiger partial charge in [-0.3, -0.25) is 0 Å². The van der Waals surface area contributed by atoms with Gasteiger partial charge >= 0.3 is 6.18 Å². The third kappa shape index (κ3) is 3.74. The number of halogens is 5. The third-order valence-electron chi connectivity index (χ3n) is 3.01. The second-order valence-corrected chi connectivity index (χ2v) is 4.99. The number of hydrogen-bond acceptors (Lipinski definition) is 1. The molecule has 0 saturated carbocycles. The molecule has 0 radical (unpaired) electrons. The quantitative estimate of drug-likeness (QED) is 0.808. The van der Waals surface area contributed by atoms with Crippen LogP contribution >= 0.6 is 11.6 Å². The first-order valence-electron chi connectivity index (χ1n) is 6.07. The lowest BCUT2D eigenvalue weighted by molar-refractivity contribution is -0.140. The molecule has 2 rings (SSSR count). The van der Waals surface area contributed by atoms with Crippen molar-refractivity contribution < 1.29 is 22.7 Å². The van der Waals surface area contributed by atoms with E-state index < -0.39 is 23.7 Å². The molecule has 0 aliphatic rings. The average Bonchev–Trinajstić information content (AvgIpc) is 2.37. The van der Waals surface area contributed by atoms with E-state index in [0.29, 0.717) is 16.7 Å². The van der Waals surface area contributed by atoms with Crippen LogP contribution < -0.4 is 0 Å². The fourth-order valence-corrected chi connectivity index (χ4v) is 2.24. The number of alkyl halides is 3. The molecule has 6 heteroatoms. The van der Waals surface area contributed by atoms with Crippen molar-refractivity contribution in [3.63, 3.8) is 0 Å². The molecule has 1 unspecified atom stereocenters. The van der Waals surface area contributed by atoms with Crippen molar-refractivity contribution in [2.75, 3.05) is 0 Å². The maximum absolute atomic E-state index is 13.9. The molecular formula is C15H11ClF4O. The lowest BCUT2D eigenvalue weighted by atomic mass is 9.99. The number of hydrogen-bond donors (Lipinski definition) is 1. The van der Waals surface area contributed by atoms with E-state index in [-0.39, 0.29) is 12.0 Å². The summed E-state index contributed by atoms with van der Waals surface area (Å²) in [5.41, 5.74) is -1.17. The van der Waals surface area contributed by atoms with Gasteiger partial charge in [-0.15, -0.1) is 0 Å². The predicted octanol–water partition coefficient (Wildman–Crippen LogP) is 4.77. The van der Waals surface area contributed by atoms with E-state index in [1.165, 1.54) is 0 Å². The fraction of sp³-hybridized carbons (Fsp3) is 0.200. The Hall–Kier alpha value is -1.59. The zero-order chi connectivity index (χ0) is 15.6. The van der Waals surface area contributed by atoms with Crippen LogP contribution in [0, 0.1) is 5.82 Å². The Labute approximate surface area is 123 Å². The highest BCUT2D eigenvalue weighted by Crippen LogP contribution is 2.34. The van der Waals surface area contributed by atoms with Gasteiger partial charge in [0.15, 0.2) is 0 Å². The van der Waals surface area contributed by atoms with E-state index >= 15 is 0 Å². The Balaban J connectivity index is 2.30. The highest BCUT2D eigenvalue weighted by atomic mass is 35.5. The van der Waals surface area contributed by atoms with Gasteiger partial charge in [0.25, 0.3) is 0 Å². The smallest absolute Gasteiger partial charge is 0.388 e. The van der Waals surface area contributed by atoms with Gasteiger partial charge in [0.1, 0.15) is 5.82 Å². The first kappa shape index (κ1) is 15.8. The molecule has 0 aliphatic carbocycles. The van der Waals surface area contributed by atoms with Crippen LogP contribution in [-0.4, -0.2) is 5.11 Å². The van der Waals surface area contributed by atoms with Gasteiger partial charge in [0.2, 0.25) is 0 Å². The molecule has 0 saturated heterocycles. The van der Waals surface area contributed by atoms with Crippen LogP contribution in [0.3, 0.4) is 0 Å². The molecule has 21 heavy (non-hydrogen) atoms. The molecule has 0 spiro atoms. The van der Waals surface area contributed by atoms with Crippen molar-refractivity contribution >= 4 is 11.6 Å². The highest BCUT2D eigenvalue weighted by Gasteiger charge is 2.35. The lowest BCUT2D eigenvalue weighted by Gasteiger charge is -2.15. The third-order valence-corrected chi connectivity index (χ3v) is 3.25. The molecule has 0 heterocycles. The minimum absolute atomic E-state index is 0.0290. The second-order valence-electron chi connectivity index (χ2n) is 4.56. The normalized spacial score (nSPS) is 13.2. The van der Waals surface area contributed by atoms with E-state index in [2.05, 4.69) is 0 Å². The molecule has 112 valence electrons. The van der Waals surface area contributed by atoms with Crippen LogP contribution in [0.2, 0.25) is 5.02 Å². The Morgan fingerprint density at radius 1 is 1.10 bits per heavy atom. The minimum Gasteiger partial charge on any atom is -0.388 e. The molecule has 1 atom stereocenters. The maximum atomic E-state index is 13.9. The number of benzene rings is 2. The SMILES string of the molecule is OC(Cc1cccc(Cl)c1)c1cccc(C(F)(F)F)c1F. The molecule has 2 aromatic rings. The molecule has 0 amide bonds. The molecule has 0 aliphatic heterocycles. The van der Waals surface area contributed by atoms with Gasteiger partial charge in [0, 0.05) is 17.0 Å². The predicted molar refractivity (Wildman–Crippen MR) is 71.5 cm³/mol. The van der Waals surface area contributed by atoms with Crippen LogP contribution in [0.25, 0.3) is 0 Å². The second kappa shape index (κ2) is 6.03. The van der Waals surface area contributed by atoms with Crippen molar-refractivity contribution in [1.82, 2.24) is 0 Å². The van der Waals surface area contributed by atoms with Crippen LogP contribution in [0.1, 0.15) is 22.8 Å². The first-order valence-corrected chi connectivity index (χ1v) is 6.45. The van der Waals surface area contributed by atoms with Crippen molar-refractivity contribution in [3.05, 3.63) is 70.0 Å². The van der Waals surface area contributed by atoms with Crippen LogP contribution in [0.4, 0.5) is 17.6 Å². The monoisotopic (exact) mass is 318 g/mol. The molecule has 0 aromatic heterocycles. The summed E-state index contributed by atoms with van der Waals surface area (Å²) in [4.78, 5) is 0. The van der Waals surface area contributed by atoms with Crippen LogP contribution in [-0.2, 0) is 12.6 Å². The molecule has 0 bridgehead atoms. The van der Waals surface area contributed by atoms with Crippen molar-refractivity contribution in [2.24, 2.45) is 0 Å². The van der Waals surface area contributed by atoms with Crippen molar-refractivity contribution in [1.29, 1.82) is 0 Å². The van der Waals surface area contributed by atoms with E-state index in [9.17, 15) is 22.7 Å². The van der Waals surface area contributed by atoms with E-state index in [1.807, 2.05) is 0 Å². The van der Waals surface area contributed by atoms with Crippen LogP contribution in [0.5, 0.6) is 0 Å². The highest BCUT2D eigenvalue weighted by molar-refractivity contribution is 6.30. The summed E-state index contributed by atoms with van der Waals surface area (Å²) in [5, 5.41) is 10.4. The summed E-state index contributed by atoms with van der Waals surface area (Å²) < 4.78 is 51.8. The van der Waals surface area contributed by atoms with Crippen molar-refractivity contribution in [3.8, 4) is 0 Å². The van der Waals surface area contributed by atoms with Gasteiger partial charge in [-0.05, 0) is 23.8 Å². The largest absolute Gasteiger partial charge is 0.419 e. The summed E-state index contributed by atoms with van der Waals surface area (Å²) in [7, 11) is 0.